The molecule has 1 aromatic rings. The summed E-state index contributed by atoms with van der Waals surface area (Å²) < 4.78 is 2.20. The zero-order chi connectivity index (χ0) is 14.4. The quantitative estimate of drug-likeness (QED) is 0.826. The number of hydrogen-bond donors (Lipinski definition) is 1. The van der Waals surface area contributed by atoms with E-state index in [9.17, 15) is 0 Å². The van der Waals surface area contributed by atoms with E-state index in [-0.39, 0.29) is 0 Å². The van der Waals surface area contributed by atoms with Gasteiger partial charge in [0.05, 0.1) is 5.69 Å². The summed E-state index contributed by atoms with van der Waals surface area (Å²) in [5.74, 6) is 0.856. The first-order valence-corrected chi connectivity index (χ1v) is 8.57. The Morgan fingerprint density at radius 2 is 2.00 bits per heavy atom. The zero-order valence-corrected chi connectivity index (χ0v) is 13.5. The van der Waals surface area contributed by atoms with Gasteiger partial charge in [-0.3, -0.25) is 4.68 Å². The first kappa shape index (κ1) is 15.6. The molecule has 3 nitrogen and oxygen atoms in total. The van der Waals surface area contributed by atoms with E-state index in [4.69, 9.17) is 5.10 Å². The summed E-state index contributed by atoms with van der Waals surface area (Å²) in [6.45, 7) is 8.67. The van der Waals surface area contributed by atoms with E-state index >= 15 is 0 Å². The Morgan fingerprint density at radius 1 is 1.25 bits per heavy atom. The second kappa shape index (κ2) is 7.82. The molecule has 2 rings (SSSR count). The average Bonchev–Trinajstić information content (AvgIpc) is 2.90. The molecule has 1 aromatic heterocycles. The fourth-order valence-electron chi connectivity index (χ4n) is 3.56. The van der Waals surface area contributed by atoms with Crippen molar-refractivity contribution in [1.29, 1.82) is 0 Å². The Hall–Kier alpha value is -0.830. The summed E-state index contributed by atoms with van der Waals surface area (Å²) in [6.07, 6.45) is 9.24. The van der Waals surface area contributed by atoms with Crippen molar-refractivity contribution in [3.63, 3.8) is 0 Å². The summed E-state index contributed by atoms with van der Waals surface area (Å²) in [6, 6.07) is 2.95. The third-order valence-electron chi connectivity index (χ3n) is 4.69. The highest BCUT2D eigenvalue weighted by molar-refractivity contribution is 5.12. The lowest BCUT2D eigenvalue weighted by Gasteiger charge is -2.31. The molecule has 1 atom stereocenters. The van der Waals surface area contributed by atoms with Crippen LogP contribution in [0.3, 0.4) is 0 Å². The molecular formula is C17H31N3. The van der Waals surface area contributed by atoms with Crippen molar-refractivity contribution in [2.75, 3.05) is 6.54 Å². The first-order chi connectivity index (χ1) is 9.78. The van der Waals surface area contributed by atoms with Crippen molar-refractivity contribution in [2.45, 2.75) is 78.3 Å². The lowest BCUT2D eigenvalue weighted by molar-refractivity contribution is 0.266. The van der Waals surface area contributed by atoms with E-state index in [2.05, 4.69) is 36.8 Å². The predicted molar refractivity (Wildman–Crippen MR) is 85.0 cm³/mol. The number of nitrogens with zero attached hydrogens (tertiary/aromatic N) is 2. The van der Waals surface area contributed by atoms with Gasteiger partial charge in [0.15, 0.2) is 0 Å². The van der Waals surface area contributed by atoms with Gasteiger partial charge >= 0.3 is 0 Å². The van der Waals surface area contributed by atoms with Gasteiger partial charge in [-0.05, 0) is 44.7 Å². The van der Waals surface area contributed by atoms with E-state index in [0.29, 0.717) is 6.04 Å². The first-order valence-electron chi connectivity index (χ1n) is 8.57. The van der Waals surface area contributed by atoms with Crippen molar-refractivity contribution in [3.05, 3.63) is 17.5 Å². The van der Waals surface area contributed by atoms with Crippen molar-refractivity contribution < 1.29 is 0 Å². The molecule has 0 aromatic carbocycles. The Bertz CT molecular complexity index is 391. The minimum Gasteiger partial charge on any atom is -0.314 e. The van der Waals surface area contributed by atoms with E-state index in [1.807, 2.05) is 0 Å². The van der Waals surface area contributed by atoms with Gasteiger partial charge in [0.25, 0.3) is 0 Å². The topological polar surface area (TPSA) is 29.9 Å². The van der Waals surface area contributed by atoms with Crippen LogP contribution in [0.15, 0.2) is 6.07 Å². The maximum Gasteiger partial charge on any atom is 0.0624 e. The fourth-order valence-corrected chi connectivity index (χ4v) is 3.56. The Kier molecular flexibility index (Phi) is 6.08. The van der Waals surface area contributed by atoms with Gasteiger partial charge in [0.2, 0.25) is 0 Å². The van der Waals surface area contributed by atoms with E-state index in [1.165, 1.54) is 43.5 Å². The van der Waals surface area contributed by atoms with Crippen LogP contribution in [0.1, 0.15) is 64.3 Å². The Labute approximate surface area is 124 Å². The standard InChI is InChI=1S/C17H31N3/c1-4-15-12-16(20(6-3)19-15)13-17(18-5-2)14-10-8-7-9-11-14/h12,14,17-18H,4-11,13H2,1-3H3. The summed E-state index contributed by atoms with van der Waals surface area (Å²) in [5, 5.41) is 8.43. The molecule has 1 aliphatic carbocycles. The van der Waals surface area contributed by atoms with Crippen LogP contribution in [-0.2, 0) is 19.4 Å². The lowest BCUT2D eigenvalue weighted by Crippen LogP contribution is -2.39. The zero-order valence-electron chi connectivity index (χ0n) is 13.5. The fraction of sp³-hybridized carbons (Fsp3) is 0.824. The number of hydrogen-bond acceptors (Lipinski definition) is 2. The molecule has 3 heteroatoms. The second-order valence-corrected chi connectivity index (χ2v) is 6.06. The predicted octanol–water partition coefficient (Wildman–Crippen LogP) is 3.57. The maximum atomic E-state index is 4.69. The monoisotopic (exact) mass is 277 g/mol. The molecule has 0 aliphatic heterocycles. The average molecular weight is 277 g/mol. The van der Waals surface area contributed by atoms with Crippen molar-refractivity contribution in [1.82, 2.24) is 15.1 Å². The minimum atomic E-state index is 0.631. The van der Waals surface area contributed by atoms with Crippen LogP contribution in [0, 0.1) is 5.92 Å². The maximum absolute atomic E-state index is 4.69. The van der Waals surface area contributed by atoms with Crippen molar-refractivity contribution in [2.24, 2.45) is 5.92 Å². The molecule has 0 amide bonds. The summed E-state index contributed by atoms with van der Waals surface area (Å²) in [5.41, 5.74) is 2.65. The largest absolute Gasteiger partial charge is 0.314 e. The van der Waals surface area contributed by atoms with Crippen LogP contribution in [0.25, 0.3) is 0 Å². The number of aryl methyl sites for hydroxylation is 2. The van der Waals surface area contributed by atoms with Crippen LogP contribution in [-0.4, -0.2) is 22.4 Å². The Morgan fingerprint density at radius 3 is 2.60 bits per heavy atom. The van der Waals surface area contributed by atoms with Gasteiger partial charge in [-0.2, -0.15) is 5.10 Å². The number of aromatic nitrogens is 2. The molecule has 1 saturated carbocycles. The van der Waals surface area contributed by atoms with E-state index in [1.54, 1.807) is 0 Å². The molecule has 0 bridgehead atoms. The summed E-state index contributed by atoms with van der Waals surface area (Å²) >= 11 is 0. The van der Waals surface area contributed by atoms with Crippen LogP contribution in [0.4, 0.5) is 0 Å². The normalized spacial score (nSPS) is 18.4. The van der Waals surface area contributed by atoms with Gasteiger partial charge in [-0.25, -0.2) is 0 Å². The van der Waals surface area contributed by atoms with E-state index in [0.717, 1.165) is 31.8 Å². The molecule has 114 valence electrons. The second-order valence-electron chi connectivity index (χ2n) is 6.06. The molecule has 1 aliphatic rings. The van der Waals surface area contributed by atoms with Gasteiger partial charge in [-0.1, -0.05) is 33.1 Å². The van der Waals surface area contributed by atoms with Gasteiger partial charge < -0.3 is 5.32 Å². The highest BCUT2D eigenvalue weighted by atomic mass is 15.3. The summed E-state index contributed by atoms with van der Waals surface area (Å²) in [7, 11) is 0. The van der Waals surface area contributed by atoms with Gasteiger partial charge in [0.1, 0.15) is 0 Å². The Balaban J connectivity index is 2.08. The number of rotatable bonds is 7. The van der Waals surface area contributed by atoms with Crippen LogP contribution in [0.2, 0.25) is 0 Å². The van der Waals surface area contributed by atoms with E-state index < -0.39 is 0 Å². The molecule has 0 saturated heterocycles. The molecular weight excluding hydrogens is 246 g/mol. The van der Waals surface area contributed by atoms with Crippen molar-refractivity contribution in [3.8, 4) is 0 Å². The molecule has 1 unspecified atom stereocenters. The highest BCUT2D eigenvalue weighted by Gasteiger charge is 2.24. The van der Waals surface area contributed by atoms with Gasteiger partial charge in [-0.15, -0.1) is 0 Å². The lowest BCUT2D eigenvalue weighted by atomic mass is 9.82. The highest BCUT2D eigenvalue weighted by Crippen LogP contribution is 2.28. The third-order valence-corrected chi connectivity index (χ3v) is 4.69. The SMILES string of the molecule is CCNC(Cc1cc(CC)nn1CC)C1CCCCC1. The number of likely N-dealkylation sites (N-methyl/N-ethyl adjacent to an activating group) is 1. The minimum absolute atomic E-state index is 0.631. The summed E-state index contributed by atoms with van der Waals surface area (Å²) in [4.78, 5) is 0. The van der Waals surface area contributed by atoms with Crippen molar-refractivity contribution >= 4 is 0 Å². The van der Waals surface area contributed by atoms with Crippen LogP contribution >= 0.6 is 0 Å². The molecule has 1 heterocycles. The smallest absolute Gasteiger partial charge is 0.0624 e. The molecule has 0 radical (unpaired) electrons. The van der Waals surface area contributed by atoms with Crippen LogP contribution in [0.5, 0.6) is 0 Å². The third kappa shape index (κ3) is 3.85. The number of nitrogens with one attached hydrogen (secondary N) is 1. The molecule has 1 fully saturated rings. The van der Waals surface area contributed by atoms with Gasteiger partial charge in [0, 0.05) is 24.7 Å². The molecule has 20 heavy (non-hydrogen) atoms. The molecule has 1 N–H and O–H groups in total. The van der Waals surface area contributed by atoms with Crippen LogP contribution < -0.4 is 5.32 Å². The molecule has 0 spiro atoms.